The number of benzene rings is 1. The van der Waals surface area contributed by atoms with Gasteiger partial charge in [-0.25, -0.2) is 0 Å². The van der Waals surface area contributed by atoms with Crippen molar-refractivity contribution in [2.24, 2.45) is 0 Å². The van der Waals surface area contributed by atoms with Crippen LogP contribution < -0.4 is 5.32 Å². The van der Waals surface area contributed by atoms with Crippen LogP contribution in [0.5, 0.6) is 5.75 Å². The predicted octanol–water partition coefficient (Wildman–Crippen LogP) is 2.65. The van der Waals surface area contributed by atoms with Gasteiger partial charge in [-0.15, -0.1) is 18.3 Å². The average Bonchev–Trinajstić information content (AvgIpc) is 2.44. The molecule has 0 bridgehead atoms. The molecule has 2 rings (SSSR count). The Balaban J connectivity index is 2.42. The number of phenolic OH excluding ortho intramolecular Hbond substituents is 1. The number of nitrogens with one attached hydrogen (secondary N) is 1. The van der Waals surface area contributed by atoms with E-state index in [0.29, 0.717) is 16.4 Å². The fourth-order valence-corrected chi connectivity index (χ4v) is 2.92. The van der Waals surface area contributed by atoms with E-state index in [-0.39, 0.29) is 24.0 Å². The predicted molar refractivity (Wildman–Crippen MR) is 78.9 cm³/mol. The number of phenols is 1. The van der Waals surface area contributed by atoms with Gasteiger partial charge in [0.1, 0.15) is 5.75 Å². The molecule has 1 aromatic carbocycles. The zero-order valence-electron chi connectivity index (χ0n) is 10.8. The summed E-state index contributed by atoms with van der Waals surface area (Å²) >= 11 is 1.38. The average molecular weight is 286 g/mol. The summed E-state index contributed by atoms with van der Waals surface area (Å²) in [6, 6.07) is 8.86. The van der Waals surface area contributed by atoms with Gasteiger partial charge in [0.05, 0.1) is 16.7 Å². The number of carbonyl (C=O) groups is 1. The number of nitriles is 1. The molecule has 0 radical (unpaired) electrons. The Labute approximate surface area is 121 Å². The van der Waals surface area contributed by atoms with Gasteiger partial charge in [0, 0.05) is 18.1 Å². The van der Waals surface area contributed by atoms with Crippen LogP contribution in [-0.4, -0.2) is 16.8 Å². The first-order valence-electron chi connectivity index (χ1n) is 6.12. The lowest BCUT2D eigenvalue weighted by atomic mass is 9.87. The maximum atomic E-state index is 11.8. The summed E-state index contributed by atoms with van der Waals surface area (Å²) in [5.41, 5.74) is 1.30. The second-order valence-electron chi connectivity index (χ2n) is 4.35. The van der Waals surface area contributed by atoms with Crippen LogP contribution in [0.1, 0.15) is 17.9 Å². The van der Waals surface area contributed by atoms with Gasteiger partial charge in [-0.05, 0) is 17.7 Å². The van der Waals surface area contributed by atoms with Crippen molar-refractivity contribution < 1.29 is 9.90 Å². The van der Waals surface area contributed by atoms with Crippen LogP contribution in [0.15, 0.2) is 47.5 Å². The Kier molecular flexibility index (Phi) is 4.49. The van der Waals surface area contributed by atoms with E-state index >= 15 is 0 Å². The summed E-state index contributed by atoms with van der Waals surface area (Å²) in [6.45, 7) is 3.63. The van der Waals surface area contributed by atoms with E-state index in [4.69, 9.17) is 0 Å². The summed E-state index contributed by atoms with van der Waals surface area (Å²) in [4.78, 5) is 11.8. The molecule has 102 valence electrons. The Morgan fingerprint density at radius 1 is 1.60 bits per heavy atom. The van der Waals surface area contributed by atoms with Gasteiger partial charge in [0.15, 0.2) is 0 Å². The van der Waals surface area contributed by atoms with E-state index in [0.717, 1.165) is 5.56 Å². The van der Waals surface area contributed by atoms with E-state index in [2.05, 4.69) is 18.0 Å². The Morgan fingerprint density at radius 2 is 2.40 bits per heavy atom. The highest BCUT2D eigenvalue weighted by atomic mass is 32.2. The van der Waals surface area contributed by atoms with Crippen molar-refractivity contribution in [3.05, 3.63) is 53.1 Å². The minimum Gasteiger partial charge on any atom is -0.508 e. The number of thioether (sulfide) groups is 1. The van der Waals surface area contributed by atoms with E-state index in [1.807, 2.05) is 6.07 Å². The van der Waals surface area contributed by atoms with Crippen molar-refractivity contribution in [3.63, 3.8) is 0 Å². The Hall–Kier alpha value is -2.19. The number of amides is 1. The summed E-state index contributed by atoms with van der Waals surface area (Å²) in [5, 5.41) is 22.3. The molecule has 1 heterocycles. The summed E-state index contributed by atoms with van der Waals surface area (Å²) < 4.78 is 0. The van der Waals surface area contributed by atoms with Crippen molar-refractivity contribution in [2.45, 2.75) is 12.3 Å². The molecular formula is C15H14N2O2S. The molecule has 0 aliphatic carbocycles. The molecule has 4 nitrogen and oxygen atoms in total. The van der Waals surface area contributed by atoms with Crippen molar-refractivity contribution in [3.8, 4) is 11.8 Å². The number of nitrogens with zero attached hydrogens (tertiary/aromatic N) is 1. The fourth-order valence-electron chi connectivity index (χ4n) is 2.10. The first-order valence-corrected chi connectivity index (χ1v) is 7.11. The molecule has 1 unspecified atom stereocenters. The van der Waals surface area contributed by atoms with Crippen molar-refractivity contribution in [2.75, 3.05) is 5.75 Å². The van der Waals surface area contributed by atoms with Crippen LogP contribution in [0.4, 0.5) is 0 Å². The highest BCUT2D eigenvalue weighted by molar-refractivity contribution is 8.03. The molecule has 1 aromatic rings. The van der Waals surface area contributed by atoms with Gasteiger partial charge < -0.3 is 10.4 Å². The van der Waals surface area contributed by atoms with Crippen molar-refractivity contribution in [1.29, 1.82) is 5.26 Å². The smallest absolute Gasteiger partial charge is 0.225 e. The van der Waals surface area contributed by atoms with Crippen LogP contribution >= 0.6 is 11.8 Å². The zero-order valence-corrected chi connectivity index (χ0v) is 11.6. The minimum absolute atomic E-state index is 0.121. The molecule has 1 amide bonds. The van der Waals surface area contributed by atoms with Gasteiger partial charge in [-0.3, -0.25) is 4.79 Å². The molecule has 0 spiro atoms. The summed E-state index contributed by atoms with van der Waals surface area (Å²) in [7, 11) is 0. The van der Waals surface area contributed by atoms with Gasteiger partial charge in [-0.2, -0.15) is 5.26 Å². The monoisotopic (exact) mass is 286 g/mol. The van der Waals surface area contributed by atoms with Crippen LogP contribution in [0.2, 0.25) is 0 Å². The highest BCUT2D eigenvalue weighted by Crippen LogP contribution is 2.36. The number of aromatic hydroxyl groups is 1. The van der Waals surface area contributed by atoms with Crippen molar-refractivity contribution in [1.82, 2.24) is 5.32 Å². The fraction of sp³-hybridized carbons (Fsp3) is 0.200. The number of hydrogen-bond donors (Lipinski definition) is 2. The third-order valence-corrected chi connectivity index (χ3v) is 3.99. The SMILES string of the molecule is C=CCSC1=C(C#N)C(c2cccc(O)c2)CC(=O)N1. The third kappa shape index (κ3) is 3.03. The maximum absolute atomic E-state index is 11.8. The van der Waals surface area contributed by atoms with Crippen molar-refractivity contribution >= 4 is 17.7 Å². The summed E-state index contributed by atoms with van der Waals surface area (Å²) in [6.07, 6.45) is 1.93. The highest BCUT2D eigenvalue weighted by Gasteiger charge is 2.29. The van der Waals surface area contributed by atoms with E-state index < -0.39 is 0 Å². The second kappa shape index (κ2) is 6.31. The molecule has 0 saturated carbocycles. The largest absolute Gasteiger partial charge is 0.508 e. The van der Waals surface area contributed by atoms with E-state index in [1.165, 1.54) is 11.8 Å². The topological polar surface area (TPSA) is 73.1 Å². The first kappa shape index (κ1) is 14.2. The van der Waals surface area contributed by atoms with Gasteiger partial charge in [0.2, 0.25) is 5.91 Å². The molecule has 1 aliphatic heterocycles. The lowest BCUT2D eigenvalue weighted by Gasteiger charge is -2.24. The third-order valence-electron chi connectivity index (χ3n) is 2.97. The van der Waals surface area contributed by atoms with Gasteiger partial charge in [0.25, 0.3) is 0 Å². The van der Waals surface area contributed by atoms with E-state index in [9.17, 15) is 15.2 Å². The Morgan fingerprint density at radius 3 is 3.05 bits per heavy atom. The molecule has 0 fully saturated rings. The van der Waals surface area contributed by atoms with E-state index in [1.54, 1.807) is 24.3 Å². The summed E-state index contributed by atoms with van der Waals surface area (Å²) in [5.74, 6) is 0.316. The number of rotatable bonds is 4. The second-order valence-corrected chi connectivity index (χ2v) is 5.38. The van der Waals surface area contributed by atoms with Crippen LogP contribution in [0.3, 0.4) is 0 Å². The first-order chi connectivity index (χ1) is 9.65. The van der Waals surface area contributed by atoms with Crippen LogP contribution in [0.25, 0.3) is 0 Å². The maximum Gasteiger partial charge on any atom is 0.225 e. The zero-order chi connectivity index (χ0) is 14.5. The molecule has 2 N–H and O–H groups in total. The van der Waals surface area contributed by atoms with Gasteiger partial charge >= 0.3 is 0 Å². The number of hydrogen-bond acceptors (Lipinski definition) is 4. The molecule has 0 aromatic heterocycles. The molecule has 1 atom stereocenters. The quantitative estimate of drug-likeness (QED) is 0.835. The number of allylic oxidation sites excluding steroid dienone is 1. The molecular weight excluding hydrogens is 272 g/mol. The Bertz CT molecular complexity index is 617. The lowest BCUT2D eigenvalue weighted by Crippen LogP contribution is -2.30. The molecule has 1 aliphatic rings. The van der Waals surface area contributed by atoms with Crippen LogP contribution in [0, 0.1) is 11.3 Å². The van der Waals surface area contributed by atoms with Gasteiger partial charge in [-0.1, -0.05) is 18.2 Å². The lowest BCUT2D eigenvalue weighted by molar-refractivity contribution is -0.120. The standard InChI is InChI=1S/C15H14N2O2S/c1-2-6-20-15-13(9-16)12(8-14(19)17-15)10-4-3-5-11(18)7-10/h2-5,7,12,18H,1,6,8H2,(H,17,19). The molecule has 20 heavy (non-hydrogen) atoms. The number of carbonyl (C=O) groups excluding carboxylic acids is 1. The molecule has 0 saturated heterocycles. The normalized spacial score (nSPS) is 18.4. The minimum atomic E-state index is -0.312. The van der Waals surface area contributed by atoms with Crippen LogP contribution in [-0.2, 0) is 4.79 Å². The molecule has 5 heteroatoms.